The maximum absolute atomic E-state index is 8.58. The van der Waals surface area contributed by atoms with Crippen molar-refractivity contribution in [1.82, 2.24) is 0 Å². The standard InChI is InChI=1S/C9H11ClN2OS/c1-2-14-8-4-3-6(10)5-7(8)9(11)12-13/h3-5,13H,2H2,1H3,(H2,11,12). The predicted octanol–water partition coefficient (Wildman–Crippen LogP) is 2.55. The van der Waals surface area contributed by atoms with Crippen molar-refractivity contribution in [3.05, 3.63) is 28.8 Å². The van der Waals surface area contributed by atoms with Crippen LogP contribution < -0.4 is 5.73 Å². The van der Waals surface area contributed by atoms with Crippen LogP contribution in [0.15, 0.2) is 28.3 Å². The van der Waals surface area contributed by atoms with E-state index in [0.29, 0.717) is 10.6 Å². The van der Waals surface area contributed by atoms with Crippen LogP contribution in [0.25, 0.3) is 0 Å². The molecule has 1 aromatic carbocycles. The van der Waals surface area contributed by atoms with E-state index in [0.717, 1.165) is 10.6 Å². The number of benzene rings is 1. The summed E-state index contributed by atoms with van der Waals surface area (Å²) in [5.74, 6) is 1.01. The topological polar surface area (TPSA) is 58.6 Å². The normalized spacial score (nSPS) is 11.7. The van der Waals surface area contributed by atoms with E-state index < -0.39 is 0 Å². The van der Waals surface area contributed by atoms with Gasteiger partial charge in [0.2, 0.25) is 0 Å². The van der Waals surface area contributed by atoms with E-state index in [4.69, 9.17) is 22.5 Å². The molecule has 1 rings (SSSR count). The fourth-order valence-corrected chi connectivity index (χ4v) is 2.00. The Labute approximate surface area is 91.9 Å². The molecule has 76 valence electrons. The zero-order valence-electron chi connectivity index (χ0n) is 7.70. The number of rotatable bonds is 3. The molecule has 1 aromatic rings. The molecule has 0 aliphatic carbocycles. The highest BCUT2D eigenvalue weighted by Crippen LogP contribution is 2.25. The van der Waals surface area contributed by atoms with Crippen LogP contribution in [0.2, 0.25) is 5.02 Å². The summed E-state index contributed by atoms with van der Waals surface area (Å²) in [4.78, 5) is 0.965. The Bertz CT molecular complexity index is 355. The zero-order chi connectivity index (χ0) is 10.6. The number of hydrogen-bond acceptors (Lipinski definition) is 3. The third kappa shape index (κ3) is 2.56. The number of hydrogen-bond donors (Lipinski definition) is 2. The van der Waals surface area contributed by atoms with E-state index in [9.17, 15) is 0 Å². The highest BCUT2D eigenvalue weighted by molar-refractivity contribution is 7.99. The zero-order valence-corrected chi connectivity index (χ0v) is 9.27. The molecular weight excluding hydrogens is 220 g/mol. The number of halogens is 1. The lowest BCUT2D eigenvalue weighted by Gasteiger charge is -2.06. The summed E-state index contributed by atoms with van der Waals surface area (Å²) >= 11 is 7.44. The maximum Gasteiger partial charge on any atom is 0.171 e. The number of thioether (sulfide) groups is 1. The molecule has 0 aliphatic rings. The fourth-order valence-electron chi connectivity index (χ4n) is 1.04. The maximum atomic E-state index is 8.58. The molecule has 0 amide bonds. The van der Waals surface area contributed by atoms with E-state index in [1.54, 1.807) is 23.9 Å². The SMILES string of the molecule is CCSc1ccc(Cl)cc1C(N)=NO. The van der Waals surface area contributed by atoms with Crippen LogP contribution in [0.4, 0.5) is 0 Å². The number of oxime groups is 1. The Kier molecular flexibility index (Phi) is 4.10. The van der Waals surface area contributed by atoms with Crippen molar-refractivity contribution in [2.24, 2.45) is 10.9 Å². The largest absolute Gasteiger partial charge is 0.409 e. The van der Waals surface area contributed by atoms with Gasteiger partial charge in [0, 0.05) is 15.5 Å². The summed E-state index contributed by atoms with van der Waals surface area (Å²) < 4.78 is 0. The summed E-state index contributed by atoms with van der Waals surface area (Å²) in [6, 6.07) is 5.34. The molecular formula is C9H11ClN2OS. The first-order valence-corrected chi connectivity index (χ1v) is 5.45. The van der Waals surface area contributed by atoms with Gasteiger partial charge < -0.3 is 10.9 Å². The van der Waals surface area contributed by atoms with Crippen molar-refractivity contribution >= 4 is 29.2 Å². The van der Waals surface area contributed by atoms with E-state index in [2.05, 4.69) is 5.16 Å². The lowest BCUT2D eigenvalue weighted by atomic mass is 10.2. The summed E-state index contributed by atoms with van der Waals surface area (Å²) in [7, 11) is 0. The van der Waals surface area contributed by atoms with Gasteiger partial charge in [-0.05, 0) is 24.0 Å². The molecule has 0 aromatic heterocycles. The molecule has 3 N–H and O–H groups in total. The molecule has 0 saturated carbocycles. The van der Waals surface area contributed by atoms with Crippen LogP contribution in [0.5, 0.6) is 0 Å². The van der Waals surface area contributed by atoms with Gasteiger partial charge in [-0.3, -0.25) is 0 Å². The van der Waals surface area contributed by atoms with Gasteiger partial charge in [0.15, 0.2) is 5.84 Å². The van der Waals surface area contributed by atoms with Gasteiger partial charge in [0.25, 0.3) is 0 Å². The van der Waals surface area contributed by atoms with Crippen molar-refractivity contribution in [2.45, 2.75) is 11.8 Å². The van der Waals surface area contributed by atoms with Gasteiger partial charge in [0.1, 0.15) is 0 Å². The van der Waals surface area contributed by atoms with Crippen molar-refractivity contribution in [1.29, 1.82) is 0 Å². The fraction of sp³-hybridized carbons (Fsp3) is 0.222. The lowest BCUT2D eigenvalue weighted by molar-refractivity contribution is 0.318. The average molecular weight is 231 g/mol. The first kappa shape index (κ1) is 11.2. The minimum absolute atomic E-state index is 0.0865. The molecule has 0 aliphatic heterocycles. The molecule has 0 unspecified atom stereocenters. The molecule has 0 atom stereocenters. The third-order valence-corrected chi connectivity index (χ3v) is 2.82. The van der Waals surface area contributed by atoms with E-state index in [1.165, 1.54) is 0 Å². The Hall–Kier alpha value is -0.870. The van der Waals surface area contributed by atoms with Crippen molar-refractivity contribution in [3.8, 4) is 0 Å². The second kappa shape index (κ2) is 5.12. The molecule has 0 bridgehead atoms. The molecule has 14 heavy (non-hydrogen) atoms. The third-order valence-electron chi connectivity index (χ3n) is 1.63. The molecule has 0 saturated heterocycles. The highest BCUT2D eigenvalue weighted by atomic mass is 35.5. The van der Waals surface area contributed by atoms with Gasteiger partial charge in [-0.25, -0.2) is 0 Å². The summed E-state index contributed by atoms with van der Waals surface area (Å²) in [5, 5.41) is 12.1. The van der Waals surface area contributed by atoms with Crippen LogP contribution in [-0.2, 0) is 0 Å². The van der Waals surface area contributed by atoms with Gasteiger partial charge in [-0.2, -0.15) is 0 Å². The predicted molar refractivity (Wildman–Crippen MR) is 60.4 cm³/mol. The van der Waals surface area contributed by atoms with Gasteiger partial charge in [-0.15, -0.1) is 11.8 Å². The second-order valence-corrected chi connectivity index (χ2v) is 4.30. The van der Waals surface area contributed by atoms with Crippen molar-refractivity contribution < 1.29 is 5.21 Å². The quantitative estimate of drug-likeness (QED) is 0.276. The Balaban J connectivity index is 3.15. The number of amidine groups is 1. The van der Waals surface area contributed by atoms with E-state index >= 15 is 0 Å². The Morgan fingerprint density at radius 2 is 2.36 bits per heavy atom. The monoisotopic (exact) mass is 230 g/mol. The molecule has 3 nitrogen and oxygen atoms in total. The lowest BCUT2D eigenvalue weighted by Crippen LogP contribution is -2.14. The van der Waals surface area contributed by atoms with E-state index in [1.807, 2.05) is 13.0 Å². The van der Waals surface area contributed by atoms with Crippen LogP contribution in [0, 0.1) is 0 Å². The van der Waals surface area contributed by atoms with Gasteiger partial charge >= 0.3 is 0 Å². The second-order valence-electron chi connectivity index (χ2n) is 2.56. The summed E-state index contributed by atoms with van der Waals surface area (Å²) in [5.41, 5.74) is 6.20. The molecule has 0 heterocycles. The van der Waals surface area contributed by atoms with Crippen molar-refractivity contribution in [3.63, 3.8) is 0 Å². The average Bonchev–Trinajstić information content (AvgIpc) is 2.20. The van der Waals surface area contributed by atoms with Crippen LogP contribution in [-0.4, -0.2) is 16.8 Å². The van der Waals surface area contributed by atoms with Crippen LogP contribution in [0.1, 0.15) is 12.5 Å². The smallest absolute Gasteiger partial charge is 0.171 e. The van der Waals surface area contributed by atoms with E-state index in [-0.39, 0.29) is 5.84 Å². The van der Waals surface area contributed by atoms with Crippen LogP contribution in [0.3, 0.4) is 0 Å². The Morgan fingerprint density at radius 3 is 2.93 bits per heavy atom. The van der Waals surface area contributed by atoms with Crippen LogP contribution >= 0.6 is 23.4 Å². The Morgan fingerprint density at radius 1 is 1.64 bits per heavy atom. The summed E-state index contributed by atoms with van der Waals surface area (Å²) in [6.07, 6.45) is 0. The van der Waals surface area contributed by atoms with Gasteiger partial charge in [0.05, 0.1) is 0 Å². The first-order valence-electron chi connectivity index (χ1n) is 4.09. The summed E-state index contributed by atoms with van der Waals surface area (Å²) in [6.45, 7) is 2.04. The molecule has 0 spiro atoms. The molecule has 0 radical (unpaired) electrons. The molecule has 5 heteroatoms. The number of nitrogens with zero attached hydrogens (tertiary/aromatic N) is 1. The van der Waals surface area contributed by atoms with Gasteiger partial charge in [-0.1, -0.05) is 23.7 Å². The highest BCUT2D eigenvalue weighted by Gasteiger charge is 2.07. The minimum atomic E-state index is 0.0865. The van der Waals surface area contributed by atoms with Crippen molar-refractivity contribution in [2.75, 3.05) is 5.75 Å². The molecule has 0 fully saturated rings. The number of nitrogens with two attached hydrogens (primary N) is 1. The first-order chi connectivity index (χ1) is 6.69. The minimum Gasteiger partial charge on any atom is -0.409 e.